The molecule has 1 aromatic carbocycles. The molecule has 0 aromatic heterocycles. The van der Waals surface area contributed by atoms with Crippen LogP contribution in [-0.4, -0.2) is 30.6 Å². The Bertz CT molecular complexity index is 389. The van der Waals surface area contributed by atoms with Gasteiger partial charge in [-0.2, -0.15) is 0 Å². The van der Waals surface area contributed by atoms with Crippen LogP contribution in [0.25, 0.3) is 6.08 Å². The van der Waals surface area contributed by atoms with Crippen molar-refractivity contribution in [2.45, 2.75) is 46.1 Å². The molecule has 0 aliphatic carbocycles. The number of hydrogen-bond acceptors (Lipinski definition) is 2. The standard InChI is InChI=1S/C18H29NO/c1-5-13-19(16(4)6-2)14-10-15-20-18-12-9-8-11-17(18)7-3/h7-9,11-12,16H,3,5-6,10,13-15H2,1-2,4H3. The molecule has 0 N–H and O–H groups in total. The third kappa shape index (κ3) is 5.38. The van der Waals surface area contributed by atoms with E-state index in [0.29, 0.717) is 6.04 Å². The molecule has 2 heteroatoms. The number of nitrogens with zero attached hydrogens (tertiary/aromatic N) is 1. The smallest absolute Gasteiger partial charge is 0.126 e. The molecule has 20 heavy (non-hydrogen) atoms. The Kier molecular flexibility index (Phi) is 8.05. The summed E-state index contributed by atoms with van der Waals surface area (Å²) in [5.41, 5.74) is 1.07. The Balaban J connectivity index is 2.38. The maximum atomic E-state index is 5.87. The van der Waals surface area contributed by atoms with Crippen molar-refractivity contribution in [2.24, 2.45) is 0 Å². The zero-order chi connectivity index (χ0) is 14.8. The zero-order valence-corrected chi connectivity index (χ0v) is 13.3. The van der Waals surface area contributed by atoms with Gasteiger partial charge in [0.1, 0.15) is 5.75 Å². The summed E-state index contributed by atoms with van der Waals surface area (Å²) in [6.45, 7) is 13.7. The zero-order valence-electron chi connectivity index (χ0n) is 13.3. The number of para-hydroxylation sites is 1. The second-order valence-corrected chi connectivity index (χ2v) is 5.24. The first-order valence-corrected chi connectivity index (χ1v) is 7.81. The maximum absolute atomic E-state index is 5.87. The molecular formula is C18H29NO. The number of benzene rings is 1. The minimum absolute atomic E-state index is 0.662. The minimum atomic E-state index is 0.662. The second-order valence-electron chi connectivity index (χ2n) is 5.24. The number of rotatable bonds is 10. The third-order valence-corrected chi connectivity index (χ3v) is 3.71. The summed E-state index contributed by atoms with van der Waals surface area (Å²) in [5, 5.41) is 0. The lowest BCUT2D eigenvalue weighted by molar-refractivity contribution is 0.184. The minimum Gasteiger partial charge on any atom is -0.493 e. The van der Waals surface area contributed by atoms with Crippen LogP contribution in [0, 0.1) is 0 Å². The SMILES string of the molecule is C=Cc1ccccc1OCCCN(CCC)C(C)CC. The van der Waals surface area contributed by atoms with E-state index in [2.05, 4.69) is 32.3 Å². The molecule has 0 bridgehead atoms. The summed E-state index contributed by atoms with van der Waals surface area (Å²) < 4.78 is 5.87. The largest absolute Gasteiger partial charge is 0.493 e. The van der Waals surface area contributed by atoms with Crippen LogP contribution in [0.4, 0.5) is 0 Å². The molecule has 0 aliphatic rings. The van der Waals surface area contributed by atoms with Crippen molar-refractivity contribution < 1.29 is 4.74 Å². The molecule has 1 atom stereocenters. The van der Waals surface area contributed by atoms with Crippen molar-refractivity contribution in [3.63, 3.8) is 0 Å². The molecule has 0 amide bonds. The Morgan fingerprint density at radius 1 is 1.25 bits per heavy atom. The monoisotopic (exact) mass is 275 g/mol. The maximum Gasteiger partial charge on any atom is 0.126 e. The molecule has 1 unspecified atom stereocenters. The van der Waals surface area contributed by atoms with Crippen molar-refractivity contribution in [3.05, 3.63) is 36.4 Å². The van der Waals surface area contributed by atoms with Gasteiger partial charge in [-0.05, 0) is 38.8 Å². The summed E-state index contributed by atoms with van der Waals surface area (Å²) in [5.74, 6) is 0.938. The highest BCUT2D eigenvalue weighted by atomic mass is 16.5. The van der Waals surface area contributed by atoms with Crippen molar-refractivity contribution in [2.75, 3.05) is 19.7 Å². The van der Waals surface area contributed by atoms with E-state index in [9.17, 15) is 0 Å². The predicted octanol–water partition coefficient (Wildman–Crippen LogP) is 4.61. The highest BCUT2D eigenvalue weighted by Gasteiger charge is 2.10. The van der Waals surface area contributed by atoms with E-state index in [1.165, 1.54) is 19.4 Å². The average Bonchev–Trinajstić information content (AvgIpc) is 2.49. The van der Waals surface area contributed by atoms with Crippen molar-refractivity contribution in [1.29, 1.82) is 0 Å². The average molecular weight is 275 g/mol. The van der Waals surface area contributed by atoms with E-state index in [1.54, 1.807) is 0 Å². The van der Waals surface area contributed by atoms with Crippen LogP contribution >= 0.6 is 0 Å². The normalized spacial score (nSPS) is 12.4. The lowest BCUT2D eigenvalue weighted by Crippen LogP contribution is -2.34. The van der Waals surface area contributed by atoms with E-state index >= 15 is 0 Å². The summed E-state index contributed by atoms with van der Waals surface area (Å²) in [4.78, 5) is 2.56. The Morgan fingerprint density at radius 3 is 2.65 bits per heavy atom. The summed E-state index contributed by atoms with van der Waals surface area (Å²) in [7, 11) is 0. The van der Waals surface area contributed by atoms with E-state index in [4.69, 9.17) is 4.74 Å². The first-order chi connectivity index (χ1) is 9.72. The van der Waals surface area contributed by atoms with Crippen LogP contribution in [0.2, 0.25) is 0 Å². The quantitative estimate of drug-likeness (QED) is 0.578. The van der Waals surface area contributed by atoms with Crippen LogP contribution in [0.15, 0.2) is 30.8 Å². The molecule has 0 saturated carbocycles. The van der Waals surface area contributed by atoms with Gasteiger partial charge in [-0.3, -0.25) is 0 Å². The van der Waals surface area contributed by atoms with Gasteiger partial charge >= 0.3 is 0 Å². The van der Waals surface area contributed by atoms with E-state index in [1.807, 2.05) is 30.3 Å². The molecule has 0 heterocycles. The van der Waals surface area contributed by atoms with Gasteiger partial charge in [0, 0.05) is 18.2 Å². The first kappa shape index (κ1) is 16.8. The van der Waals surface area contributed by atoms with Gasteiger partial charge in [-0.1, -0.05) is 44.7 Å². The summed E-state index contributed by atoms with van der Waals surface area (Å²) >= 11 is 0. The van der Waals surface area contributed by atoms with Crippen LogP contribution < -0.4 is 4.74 Å². The molecule has 0 aliphatic heterocycles. The van der Waals surface area contributed by atoms with Gasteiger partial charge in [0.05, 0.1) is 6.61 Å². The van der Waals surface area contributed by atoms with E-state index in [0.717, 1.165) is 30.9 Å². The van der Waals surface area contributed by atoms with Crippen LogP contribution in [0.1, 0.15) is 45.6 Å². The molecule has 0 saturated heterocycles. The van der Waals surface area contributed by atoms with Gasteiger partial charge in [0.15, 0.2) is 0 Å². The fourth-order valence-electron chi connectivity index (χ4n) is 2.33. The van der Waals surface area contributed by atoms with Gasteiger partial charge in [-0.15, -0.1) is 0 Å². The predicted molar refractivity (Wildman–Crippen MR) is 88.3 cm³/mol. The molecule has 0 fully saturated rings. The second kappa shape index (κ2) is 9.60. The topological polar surface area (TPSA) is 12.5 Å². The Morgan fingerprint density at radius 2 is 2.00 bits per heavy atom. The first-order valence-electron chi connectivity index (χ1n) is 7.81. The van der Waals surface area contributed by atoms with Gasteiger partial charge in [0.2, 0.25) is 0 Å². The summed E-state index contributed by atoms with van der Waals surface area (Å²) in [6.07, 6.45) is 5.33. The molecular weight excluding hydrogens is 246 g/mol. The summed E-state index contributed by atoms with van der Waals surface area (Å²) in [6, 6.07) is 8.72. The van der Waals surface area contributed by atoms with Crippen molar-refractivity contribution in [1.82, 2.24) is 4.90 Å². The van der Waals surface area contributed by atoms with Gasteiger partial charge in [-0.25, -0.2) is 0 Å². The van der Waals surface area contributed by atoms with Gasteiger partial charge in [0.25, 0.3) is 0 Å². The highest BCUT2D eigenvalue weighted by Crippen LogP contribution is 2.19. The Labute approximate surface area is 124 Å². The number of hydrogen-bond donors (Lipinski definition) is 0. The van der Waals surface area contributed by atoms with Crippen LogP contribution in [0.3, 0.4) is 0 Å². The van der Waals surface area contributed by atoms with Crippen molar-refractivity contribution in [3.8, 4) is 5.75 Å². The van der Waals surface area contributed by atoms with Crippen LogP contribution in [-0.2, 0) is 0 Å². The molecule has 2 nitrogen and oxygen atoms in total. The molecule has 112 valence electrons. The highest BCUT2D eigenvalue weighted by molar-refractivity contribution is 5.55. The van der Waals surface area contributed by atoms with Gasteiger partial charge < -0.3 is 9.64 Å². The fraction of sp³-hybridized carbons (Fsp3) is 0.556. The number of ether oxygens (including phenoxy) is 1. The third-order valence-electron chi connectivity index (χ3n) is 3.71. The fourth-order valence-corrected chi connectivity index (χ4v) is 2.33. The van der Waals surface area contributed by atoms with Crippen LogP contribution in [0.5, 0.6) is 5.75 Å². The van der Waals surface area contributed by atoms with Crippen molar-refractivity contribution >= 4 is 6.08 Å². The van der Waals surface area contributed by atoms with E-state index < -0.39 is 0 Å². The lowest BCUT2D eigenvalue weighted by atomic mass is 10.2. The molecule has 1 aromatic rings. The van der Waals surface area contributed by atoms with E-state index in [-0.39, 0.29) is 0 Å². The molecule has 0 spiro atoms. The molecule has 1 rings (SSSR count). The Hall–Kier alpha value is -1.28. The molecule has 0 radical (unpaired) electrons. The lowest BCUT2D eigenvalue weighted by Gasteiger charge is -2.27.